The lowest BCUT2D eigenvalue weighted by Gasteiger charge is -2.21. The average Bonchev–Trinajstić information content (AvgIpc) is 2.68. The number of benzene rings is 1. The predicted molar refractivity (Wildman–Crippen MR) is 82.3 cm³/mol. The highest BCUT2D eigenvalue weighted by Gasteiger charge is 2.14. The number of nitrogens with zero attached hydrogens (tertiary/aromatic N) is 3. The van der Waals surface area contributed by atoms with Crippen LogP contribution in [-0.2, 0) is 13.0 Å². The van der Waals surface area contributed by atoms with Crippen molar-refractivity contribution in [1.29, 1.82) is 0 Å². The Hall–Kier alpha value is -0.770. The van der Waals surface area contributed by atoms with Gasteiger partial charge in [-0.2, -0.15) is 0 Å². The number of hydrogen-bond acceptors (Lipinski definition) is 2. The largest absolute Gasteiger partial charge is 0.326 e. The maximum Gasteiger partial charge on any atom is 0.111 e. The van der Waals surface area contributed by atoms with E-state index in [0.717, 1.165) is 34.8 Å². The van der Waals surface area contributed by atoms with Crippen molar-refractivity contribution in [2.75, 3.05) is 20.0 Å². The van der Waals surface area contributed by atoms with Crippen LogP contribution >= 0.6 is 23.2 Å². The SMILES string of the molecule is CC(Cn1c(CCCl)nc2ccc(Cl)cc21)N(C)C. The van der Waals surface area contributed by atoms with E-state index in [1.54, 1.807) is 0 Å². The van der Waals surface area contributed by atoms with E-state index in [4.69, 9.17) is 23.2 Å². The third-order valence-electron chi connectivity index (χ3n) is 3.44. The van der Waals surface area contributed by atoms with Crippen LogP contribution in [0.1, 0.15) is 12.7 Å². The first kappa shape index (κ1) is 14.6. The van der Waals surface area contributed by atoms with E-state index in [1.807, 2.05) is 18.2 Å². The van der Waals surface area contributed by atoms with Crippen molar-refractivity contribution in [3.8, 4) is 0 Å². The van der Waals surface area contributed by atoms with Crippen LogP contribution in [0.2, 0.25) is 5.02 Å². The smallest absolute Gasteiger partial charge is 0.111 e. The Kier molecular flexibility index (Phi) is 4.71. The second-order valence-electron chi connectivity index (χ2n) is 5.02. The van der Waals surface area contributed by atoms with Crippen molar-refractivity contribution in [2.24, 2.45) is 0 Å². The van der Waals surface area contributed by atoms with Gasteiger partial charge in [-0.05, 0) is 39.2 Å². The number of fused-ring (bicyclic) bond motifs is 1. The third-order valence-corrected chi connectivity index (χ3v) is 3.86. The summed E-state index contributed by atoms with van der Waals surface area (Å²) < 4.78 is 2.23. The van der Waals surface area contributed by atoms with Crippen molar-refractivity contribution in [3.63, 3.8) is 0 Å². The van der Waals surface area contributed by atoms with Gasteiger partial charge in [-0.1, -0.05) is 11.6 Å². The zero-order valence-electron chi connectivity index (χ0n) is 11.5. The molecule has 1 heterocycles. The summed E-state index contributed by atoms with van der Waals surface area (Å²) in [5, 5.41) is 0.739. The predicted octanol–water partition coefficient (Wildman–Crippen LogP) is 3.42. The van der Waals surface area contributed by atoms with Crippen LogP contribution in [0.25, 0.3) is 11.0 Å². The molecule has 0 amide bonds. The molecule has 0 aliphatic rings. The highest BCUT2D eigenvalue weighted by molar-refractivity contribution is 6.31. The summed E-state index contributed by atoms with van der Waals surface area (Å²) >= 11 is 12.0. The summed E-state index contributed by atoms with van der Waals surface area (Å²) in [6.07, 6.45) is 0.772. The summed E-state index contributed by atoms with van der Waals surface area (Å²) in [5.41, 5.74) is 2.07. The van der Waals surface area contributed by atoms with Crippen molar-refractivity contribution < 1.29 is 0 Å². The number of aryl methyl sites for hydroxylation is 1. The third kappa shape index (κ3) is 3.22. The first-order chi connectivity index (χ1) is 9.02. The molecular weight excluding hydrogens is 281 g/mol. The van der Waals surface area contributed by atoms with Gasteiger partial charge in [0.25, 0.3) is 0 Å². The van der Waals surface area contributed by atoms with E-state index in [2.05, 4.69) is 35.5 Å². The van der Waals surface area contributed by atoms with Crippen LogP contribution in [-0.4, -0.2) is 40.5 Å². The highest BCUT2D eigenvalue weighted by atomic mass is 35.5. The molecule has 2 aromatic rings. The Morgan fingerprint density at radius 3 is 2.74 bits per heavy atom. The molecule has 0 N–H and O–H groups in total. The lowest BCUT2D eigenvalue weighted by Crippen LogP contribution is -2.29. The molecule has 1 aromatic heterocycles. The number of likely N-dealkylation sites (N-methyl/N-ethyl adjacent to an activating group) is 1. The van der Waals surface area contributed by atoms with Gasteiger partial charge in [0.2, 0.25) is 0 Å². The fourth-order valence-corrected chi connectivity index (χ4v) is 2.39. The highest BCUT2D eigenvalue weighted by Crippen LogP contribution is 2.22. The Balaban J connectivity index is 2.47. The zero-order chi connectivity index (χ0) is 14.0. The minimum Gasteiger partial charge on any atom is -0.326 e. The molecule has 0 fully saturated rings. The van der Waals surface area contributed by atoms with Gasteiger partial charge >= 0.3 is 0 Å². The molecule has 0 aliphatic carbocycles. The first-order valence-electron chi connectivity index (χ1n) is 6.40. The van der Waals surface area contributed by atoms with E-state index in [0.29, 0.717) is 11.9 Å². The fourth-order valence-electron chi connectivity index (χ4n) is 2.05. The van der Waals surface area contributed by atoms with Gasteiger partial charge < -0.3 is 9.47 Å². The minimum absolute atomic E-state index is 0.422. The van der Waals surface area contributed by atoms with Crippen LogP contribution in [0, 0.1) is 0 Å². The Bertz CT molecular complexity index is 563. The molecule has 1 aromatic carbocycles. The lowest BCUT2D eigenvalue weighted by atomic mass is 10.2. The fraction of sp³-hybridized carbons (Fsp3) is 0.500. The normalized spacial score (nSPS) is 13.4. The van der Waals surface area contributed by atoms with Crippen LogP contribution in [0.5, 0.6) is 0 Å². The maximum absolute atomic E-state index is 6.10. The number of alkyl halides is 1. The lowest BCUT2D eigenvalue weighted by molar-refractivity contribution is 0.284. The Labute approximate surface area is 124 Å². The second kappa shape index (κ2) is 6.12. The molecule has 0 aliphatic heterocycles. The molecule has 0 saturated heterocycles. The molecule has 0 radical (unpaired) electrons. The number of imidazole rings is 1. The van der Waals surface area contributed by atoms with Gasteiger partial charge in [0, 0.05) is 29.9 Å². The van der Waals surface area contributed by atoms with Crippen molar-refractivity contribution in [1.82, 2.24) is 14.5 Å². The quantitative estimate of drug-likeness (QED) is 0.789. The molecule has 1 atom stereocenters. The number of rotatable bonds is 5. The van der Waals surface area contributed by atoms with Crippen molar-refractivity contribution >= 4 is 34.2 Å². The molecule has 2 rings (SSSR count). The van der Waals surface area contributed by atoms with E-state index in [-0.39, 0.29) is 0 Å². The first-order valence-corrected chi connectivity index (χ1v) is 7.31. The van der Waals surface area contributed by atoms with Gasteiger partial charge in [0.15, 0.2) is 0 Å². The van der Waals surface area contributed by atoms with Gasteiger partial charge in [-0.3, -0.25) is 0 Å². The molecule has 0 spiro atoms. The molecule has 0 saturated carbocycles. The maximum atomic E-state index is 6.10. The number of hydrogen-bond donors (Lipinski definition) is 0. The van der Waals surface area contributed by atoms with Gasteiger partial charge in [-0.15, -0.1) is 11.6 Å². The van der Waals surface area contributed by atoms with E-state index < -0.39 is 0 Å². The molecular formula is C14H19Cl2N3. The Morgan fingerprint density at radius 1 is 1.37 bits per heavy atom. The van der Waals surface area contributed by atoms with Crippen LogP contribution in [0.15, 0.2) is 18.2 Å². The summed E-state index contributed by atoms with van der Waals surface area (Å²) in [6.45, 7) is 3.08. The molecule has 5 heteroatoms. The summed E-state index contributed by atoms with van der Waals surface area (Å²) in [6, 6.07) is 6.24. The molecule has 3 nitrogen and oxygen atoms in total. The summed E-state index contributed by atoms with van der Waals surface area (Å²) in [4.78, 5) is 6.85. The average molecular weight is 300 g/mol. The Morgan fingerprint density at radius 2 is 2.11 bits per heavy atom. The van der Waals surface area contributed by atoms with E-state index >= 15 is 0 Å². The molecule has 104 valence electrons. The van der Waals surface area contributed by atoms with Crippen molar-refractivity contribution in [2.45, 2.75) is 25.9 Å². The van der Waals surface area contributed by atoms with Gasteiger partial charge in [-0.25, -0.2) is 4.98 Å². The number of halogens is 2. The second-order valence-corrected chi connectivity index (χ2v) is 5.84. The van der Waals surface area contributed by atoms with Crippen LogP contribution in [0.4, 0.5) is 0 Å². The van der Waals surface area contributed by atoms with Crippen LogP contribution < -0.4 is 0 Å². The molecule has 0 bridgehead atoms. The van der Waals surface area contributed by atoms with Gasteiger partial charge in [0.1, 0.15) is 5.82 Å². The molecule has 1 unspecified atom stereocenters. The monoisotopic (exact) mass is 299 g/mol. The summed E-state index contributed by atoms with van der Waals surface area (Å²) in [7, 11) is 4.16. The zero-order valence-corrected chi connectivity index (χ0v) is 13.0. The summed E-state index contributed by atoms with van der Waals surface area (Å²) in [5.74, 6) is 1.61. The van der Waals surface area contributed by atoms with E-state index in [1.165, 1.54) is 0 Å². The standard InChI is InChI=1S/C14H19Cl2N3/c1-10(18(2)3)9-19-13-8-11(16)4-5-12(13)17-14(19)6-7-15/h4-5,8,10H,6-7,9H2,1-3H3. The topological polar surface area (TPSA) is 21.1 Å². The van der Waals surface area contributed by atoms with E-state index in [9.17, 15) is 0 Å². The van der Waals surface area contributed by atoms with Crippen LogP contribution in [0.3, 0.4) is 0 Å². The number of aromatic nitrogens is 2. The molecule has 19 heavy (non-hydrogen) atoms. The minimum atomic E-state index is 0.422. The van der Waals surface area contributed by atoms with Crippen molar-refractivity contribution in [3.05, 3.63) is 29.0 Å². The van der Waals surface area contributed by atoms with Gasteiger partial charge in [0.05, 0.1) is 11.0 Å².